The number of aryl methyl sites for hydroxylation is 2. The molecule has 1 aromatic rings. The number of amides is 1. The predicted octanol–water partition coefficient (Wildman–Crippen LogP) is 2.68. The summed E-state index contributed by atoms with van der Waals surface area (Å²) < 4.78 is 0. The number of hydrogen-bond donors (Lipinski definition) is 1. The lowest BCUT2D eigenvalue weighted by Gasteiger charge is -2.30. The van der Waals surface area contributed by atoms with Gasteiger partial charge in [-0.05, 0) is 49.8 Å². The summed E-state index contributed by atoms with van der Waals surface area (Å²) >= 11 is 1.68. The van der Waals surface area contributed by atoms with Crippen LogP contribution in [0.4, 0.5) is 0 Å². The molecular weight excluding hydrogens is 256 g/mol. The molecule has 4 heteroatoms. The topological polar surface area (TPSA) is 46.3 Å². The van der Waals surface area contributed by atoms with Crippen molar-refractivity contribution in [2.75, 3.05) is 19.6 Å². The molecule has 2 rings (SSSR count). The lowest BCUT2D eigenvalue weighted by Crippen LogP contribution is -2.41. The Morgan fingerprint density at radius 2 is 2.21 bits per heavy atom. The zero-order chi connectivity index (χ0) is 14.0. The predicted molar refractivity (Wildman–Crippen MR) is 80.8 cm³/mol. The number of carbonyl (C=O) groups excluding carboxylic acids is 1. The summed E-state index contributed by atoms with van der Waals surface area (Å²) in [5, 5.41) is 0. The van der Waals surface area contributed by atoms with Gasteiger partial charge in [0.25, 0.3) is 5.91 Å². The van der Waals surface area contributed by atoms with Gasteiger partial charge in [0.1, 0.15) is 0 Å². The molecule has 1 aliphatic carbocycles. The second-order valence-corrected chi connectivity index (χ2v) is 7.24. The first-order valence-electron chi connectivity index (χ1n) is 7.08. The van der Waals surface area contributed by atoms with E-state index in [-0.39, 0.29) is 11.3 Å². The van der Waals surface area contributed by atoms with Gasteiger partial charge in [-0.15, -0.1) is 11.3 Å². The first kappa shape index (κ1) is 14.5. The minimum Gasteiger partial charge on any atom is -0.338 e. The number of fused-ring (bicyclic) bond motifs is 1. The Bertz CT molecular complexity index is 443. The molecule has 3 nitrogen and oxygen atoms in total. The summed E-state index contributed by atoms with van der Waals surface area (Å²) in [5.74, 6) is 0.170. The zero-order valence-corrected chi connectivity index (χ0v) is 13.0. The number of carbonyl (C=O) groups is 1. The lowest BCUT2D eigenvalue weighted by atomic mass is 9.93. The highest BCUT2D eigenvalue weighted by atomic mass is 32.1. The van der Waals surface area contributed by atoms with Crippen LogP contribution in [-0.4, -0.2) is 30.4 Å². The Kier molecular flexibility index (Phi) is 4.31. The third-order valence-electron chi connectivity index (χ3n) is 3.80. The number of thiophene rings is 1. The molecule has 0 saturated carbocycles. The molecule has 2 N–H and O–H groups in total. The van der Waals surface area contributed by atoms with Gasteiger partial charge >= 0.3 is 0 Å². The monoisotopic (exact) mass is 280 g/mol. The van der Waals surface area contributed by atoms with Crippen LogP contribution in [0.25, 0.3) is 0 Å². The molecule has 1 heterocycles. The van der Waals surface area contributed by atoms with E-state index >= 15 is 0 Å². The van der Waals surface area contributed by atoms with Crippen molar-refractivity contribution in [1.29, 1.82) is 0 Å². The molecule has 0 bridgehead atoms. The van der Waals surface area contributed by atoms with Crippen LogP contribution in [0.15, 0.2) is 6.07 Å². The van der Waals surface area contributed by atoms with Gasteiger partial charge in [0.05, 0.1) is 4.88 Å². The molecule has 19 heavy (non-hydrogen) atoms. The smallest absolute Gasteiger partial charge is 0.263 e. The maximum absolute atomic E-state index is 12.6. The maximum atomic E-state index is 12.6. The van der Waals surface area contributed by atoms with Gasteiger partial charge in [-0.3, -0.25) is 4.79 Å². The fraction of sp³-hybridized carbons (Fsp3) is 0.667. The lowest BCUT2D eigenvalue weighted by molar-refractivity contribution is 0.0705. The molecule has 0 aliphatic heterocycles. The van der Waals surface area contributed by atoms with Crippen molar-refractivity contribution >= 4 is 17.2 Å². The Morgan fingerprint density at radius 3 is 2.79 bits per heavy atom. The third kappa shape index (κ3) is 3.18. The fourth-order valence-electron chi connectivity index (χ4n) is 2.50. The van der Waals surface area contributed by atoms with Crippen molar-refractivity contribution in [3.05, 3.63) is 21.4 Å². The molecular formula is C15H24N2OS. The van der Waals surface area contributed by atoms with Crippen molar-refractivity contribution in [3.8, 4) is 0 Å². The molecule has 106 valence electrons. The molecule has 1 aromatic heterocycles. The van der Waals surface area contributed by atoms with Crippen LogP contribution < -0.4 is 5.73 Å². The van der Waals surface area contributed by atoms with Crippen LogP contribution in [0.1, 0.15) is 47.3 Å². The SMILES string of the molecule is CCN(CC(C)(C)CN)C(=O)c1cc2c(s1)CCC2. The van der Waals surface area contributed by atoms with Gasteiger partial charge in [0.2, 0.25) is 0 Å². The standard InChI is InChI=1S/C15H24N2OS/c1-4-17(10-15(2,3)9-16)14(18)13-8-11-6-5-7-12(11)19-13/h8H,4-7,9-10,16H2,1-3H3. The average molecular weight is 280 g/mol. The van der Waals surface area contributed by atoms with E-state index in [0.29, 0.717) is 6.54 Å². The summed E-state index contributed by atoms with van der Waals surface area (Å²) in [4.78, 5) is 16.8. The maximum Gasteiger partial charge on any atom is 0.263 e. The van der Waals surface area contributed by atoms with Crippen LogP contribution in [-0.2, 0) is 12.8 Å². The molecule has 1 amide bonds. The summed E-state index contributed by atoms with van der Waals surface area (Å²) in [5.41, 5.74) is 7.14. The van der Waals surface area contributed by atoms with Crippen molar-refractivity contribution < 1.29 is 4.79 Å². The largest absolute Gasteiger partial charge is 0.338 e. The Balaban J connectivity index is 2.11. The highest BCUT2D eigenvalue weighted by Gasteiger charge is 2.26. The van der Waals surface area contributed by atoms with Crippen molar-refractivity contribution in [2.24, 2.45) is 11.1 Å². The van der Waals surface area contributed by atoms with Gasteiger partial charge in [0, 0.05) is 18.0 Å². The molecule has 0 atom stereocenters. The van der Waals surface area contributed by atoms with Crippen molar-refractivity contribution in [2.45, 2.75) is 40.0 Å². The second kappa shape index (κ2) is 5.63. The molecule has 0 saturated heterocycles. The van der Waals surface area contributed by atoms with Crippen molar-refractivity contribution in [1.82, 2.24) is 4.90 Å². The highest BCUT2D eigenvalue weighted by Crippen LogP contribution is 2.31. The number of hydrogen-bond acceptors (Lipinski definition) is 3. The molecule has 0 radical (unpaired) electrons. The Morgan fingerprint density at radius 1 is 1.47 bits per heavy atom. The first-order valence-corrected chi connectivity index (χ1v) is 7.89. The molecule has 0 unspecified atom stereocenters. The third-order valence-corrected chi connectivity index (χ3v) is 5.02. The van der Waals surface area contributed by atoms with E-state index in [1.807, 2.05) is 11.8 Å². The quantitative estimate of drug-likeness (QED) is 0.901. The van der Waals surface area contributed by atoms with Crippen LogP contribution in [0.5, 0.6) is 0 Å². The van der Waals surface area contributed by atoms with Gasteiger partial charge in [-0.25, -0.2) is 0 Å². The van der Waals surface area contributed by atoms with Crippen molar-refractivity contribution in [3.63, 3.8) is 0 Å². The summed E-state index contributed by atoms with van der Waals surface area (Å²) in [6.07, 6.45) is 3.53. The molecule has 0 fully saturated rings. The average Bonchev–Trinajstić information content (AvgIpc) is 2.95. The van der Waals surface area contributed by atoms with Gasteiger partial charge in [-0.1, -0.05) is 13.8 Å². The van der Waals surface area contributed by atoms with E-state index in [1.54, 1.807) is 11.3 Å². The number of nitrogens with zero attached hydrogens (tertiary/aromatic N) is 1. The van der Waals surface area contributed by atoms with Crippen LogP contribution in [0.3, 0.4) is 0 Å². The Labute approximate surface area is 119 Å². The summed E-state index contributed by atoms with van der Waals surface area (Å²) in [6.45, 7) is 8.31. The van der Waals surface area contributed by atoms with E-state index in [4.69, 9.17) is 5.73 Å². The molecule has 0 spiro atoms. The molecule has 0 aromatic carbocycles. The zero-order valence-electron chi connectivity index (χ0n) is 12.2. The van der Waals surface area contributed by atoms with E-state index in [9.17, 15) is 4.79 Å². The summed E-state index contributed by atoms with van der Waals surface area (Å²) in [6, 6.07) is 2.10. The highest BCUT2D eigenvalue weighted by molar-refractivity contribution is 7.14. The van der Waals surface area contributed by atoms with Gasteiger partial charge < -0.3 is 10.6 Å². The van der Waals surface area contributed by atoms with E-state index in [1.165, 1.54) is 16.9 Å². The van der Waals surface area contributed by atoms with Gasteiger partial charge in [-0.2, -0.15) is 0 Å². The first-order chi connectivity index (χ1) is 8.96. The Hall–Kier alpha value is -0.870. The number of rotatable bonds is 5. The van der Waals surface area contributed by atoms with Crippen LogP contribution in [0, 0.1) is 5.41 Å². The number of nitrogens with two attached hydrogens (primary N) is 1. The van der Waals surface area contributed by atoms with E-state index in [0.717, 1.165) is 30.8 Å². The second-order valence-electron chi connectivity index (χ2n) is 6.10. The minimum atomic E-state index is -0.0222. The van der Waals surface area contributed by atoms with Crippen LogP contribution >= 0.6 is 11.3 Å². The van der Waals surface area contributed by atoms with Crippen LogP contribution in [0.2, 0.25) is 0 Å². The normalized spacial score (nSPS) is 14.5. The van der Waals surface area contributed by atoms with Gasteiger partial charge in [0.15, 0.2) is 0 Å². The fourth-order valence-corrected chi connectivity index (χ4v) is 3.72. The minimum absolute atomic E-state index is 0.0222. The summed E-state index contributed by atoms with van der Waals surface area (Å²) in [7, 11) is 0. The molecule has 1 aliphatic rings. The van der Waals surface area contributed by atoms with E-state index < -0.39 is 0 Å². The van der Waals surface area contributed by atoms with E-state index in [2.05, 4.69) is 19.9 Å².